The van der Waals surface area contributed by atoms with Crippen molar-refractivity contribution in [1.82, 2.24) is 14.1 Å². The van der Waals surface area contributed by atoms with Crippen LogP contribution in [-0.2, 0) is 17.1 Å². The van der Waals surface area contributed by atoms with Crippen molar-refractivity contribution in [3.8, 4) is 0 Å². The van der Waals surface area contributed by atoms with Gasteiger partial charge in [-0.05, 0) is 18.4 Å². The zero-order valence-corrected chi connectivity index (χ0v) is 12.0. The summed E-state index contributed by atoms with van der Waals surface area (Å²) in [4.78, 5) is 0. The van der Waals surface area contributed by atoms with Gasteiger partial charge in [-0.1, -0.05) is 18.5 Å². The highest BCUT2D eigenvalue weighted by Crippen LogP contribution is 2.33. The highest BCUT2D eigenvalue weighted by Gasteiger charge is 2.40. The fourth-order valence-corrected chi connectivity index (χ4v) is 4.36. The van der Waals surface area contributed by atoms with Crippen LogP contribution in [0.2, 0.25) is 5.02 Å². The zero-order valence-electron chi connectivity index (χ0n) is 10.4. The Hall–Kier alpha value is -0.630. The maximum absolute atomic E-state index is 12.5. The summed E-state index contributed by atoms with van der Waals surface area (Å²) in [7, 11) is -2.03. The lowest BCUT2D eigenvalue weighted by Crippen LogP contribution is -2.35. The minimum atomic E-state index is -3.59. The molecular weight excluding hydrogens is 276 g/mol. The molecule has 0 spiro atoms. The van der Waals surface area contributed by atoms with Crippen LogP contribution in [0.1, 0.15) is 13.3 Å². The molecule has 0 saturated carbocycles. The van der Waals surface area contributed by atoms with Gasteiger partial charge >= 0.3 is 0 Å². The molecule has 0 amide bonds. The van der Waals surface area contributed by atoms with Crippen LogP contribution in [0.3, 0.4) is 0 Å². The predicted octanol–water partition coefficient (Wildman–Crippen LogP) is 0.433. The van der Waals surface area contributed by atoms with Crippen molar-refractivity contribution in [3.63, 3.8) is 0 Å². The molecule has 6 nitrogen and oxygen atoms in total. The van der Waals surface area contributed by atoms with Gasteiger partial charge < -0.3 is 5.73 Å². The summed E-state index contributed by atoms with van der Waals surface area (Å²) in [5.41, 5.74) is 5.53. The largest absolute Gasteiger partial charge is 0.330 e. The maximum Gasteiger partial charge on any atom is 0.261 e. The van der Waals surface area contributed by atoms with Crippen molar-refractivity contribution in [2.75, 3.05) is 19.6 Å². The Bertz CT molecular complexity index is 537. The second kappa shape index (κ2) is 4.48. The molecule has 1 saturated heterocycles. The summed E-state index contributed by atoms with van der Waals surface area (Å²) in [6.45, 7) is 3.36. The Balaban J connectivity index is 2.35. The van der Waals surface area contributed by atoms with Gasteiger partial charge in [0, 0.05) is 20.1 Å². The van der Waals surface area contributed by atoms with Gasteiger partial charge in [0.2, 0.25) is 0 Å². The first kappa shape index (κ1) is 13.8. The monoisotopic (exact) mass is 292 g/mol. The molecular formula is C10H17ClN4O2S. The van der Waals surface area contributed by atoms with Crippen LogP contribution in [-0.4, -0.2) is 42.1 Å². The second-order valence-electron chi connectivity index (χ2n) is 5.02. The third-order valence-electron chi connectivity index (χ3n) is 3.44. The van der Waals surface area contributed by atoms with E-state index in [0.717, 1.165) is 6.42 Å². The number of hydrogen-bond donors (Lipinski definition) is 1. The number of rotatable bonds is 3. The fraction of sp³-hybridized carbons (Fsp3) is 0.700. The SMILES string of the molecule is Cn1ncc(Cl)c1S(=O)(=O)N1CCC(C)(CN)C1. The van der Waals surface area contributed by atoms with E-state index in [4.69, 9.17) is 17.3 Å². The summed E-state index contributed by atoms with van der Waals surface area (Å²) in [6.07, 6.45) is 2.10. The molecule has 18 heavy (non-hydrogen) atoms. The standard InChI is InChI=1S/C10H17ClN4O2S/c1-10(6-12)3-4-15(7-10)18(16,17)9-8(11)5-13-14(9)2/h5H,3-4,6-7,12H2,1-2H3. The van der Waals surface area contributed by atoms with E-state index in [0.29, 0.717) is 19.6 Å². The van der Waals surface area contributed by atoms with Crippen LogP contribution in [0.25, 0.3) is 0 Å². The van der Waals surface area contributed by atoms with Crippen LogP contribution in [0, 0.1) is 5.41 Å². The molecule has 2 N–H and O–H groups in total. The van der Waals surface area contributed by atoms with Gasteiger partial charge in [0.25, 0.3) is 10.0 Å². The van der Waals surface area contributed by atoms with E-state index < -0.39 is 10.0 Å². The Morgan fingerprint density at radius 1 is 1.61 bits per heavy atom. The summed E-state index contributed by atoms with van der Waals surface area (Å²) >= 11 is 5.90. The molecule has 1 aromatic heterocycles. The molecule has 2 heterocycles. The van der Waals surface area contributed by atoms with E-state index >= 15 is 0 Å². The molecule has 1 fully saturated rings. The van der Waals surface area contributed by atoms with E-state index in [9.17, 15) is 8.42 Å². The molecule has 1 unspecified atom stereocenters. The van der Waals surface area contributed by atoms with Gasteiger partial charge in [0.15, 0.2) is 5.03 Å². The average Bonchev–Trinajstić information content (AvgIpc) is 2.84. The number of hydrogen-bond acceptors (Lipinski definition) is 4. The number of nitrogens with zero attached hydrogens (tertiary/aromatic N) is 3. The quantitative estimate of drug-likeness (QED) is 0.876. The Morgan fingerprint density at radius 3 is 2.72 bits per heavy atom. The molecule has 2 rings (SSSR count). The fourth-order valence-electron chi connectivity index (χ4n) is 2.16. The number of halogens is 1. The number of sulfonamides is 1. The van der Waals surface area contributed by atoms with Crippen molar-refractivity contribution in [1.29, 1.82) is 0 Å². The van der Waals surface area contributed by atoms with Crippen molar-refractivity contribution < 1.29 is 8.42 Å². The Labute approximate surface area is 112 Å². The molecule has 102 valence electrons. The Kier molecular flexibility index (Phi) is 3.44. The first-order chi connectivity index (χ1) is 8.30. The third-order valence-corrected chi connectivity index (χ3v) is 5.80. The summed E-state index contributed by atoms with van der Waals surface area (Å²) < 4.78 is 27.7. The van der Waals surface area contributed by atoms with Crippen molar-refractivity contribution in [3.05, 3.63) is 11.2 Å². The molecule has 0 aliphatic carbocycles. The van der Waals surface area contributed by atoms with Gasteiger partial charge in [-0.2, -0.15) is 9.40 Å². The molecule has 1 atom stereocenters. The van der Waals surface area contributed by atoms with E-state index in [2.05, 4.69) is 5.10 Å². The average molecular weight is 293 g/mol. The Morgan fingerprint density at radius 2 is 2.28 bits per heavy atom. The van der Waals surface area contributed by atoms with E-state index in [-0.39, 0.29) is 15.5 Å². The van der Waals surface area contributed by atoms with Gasteiger partial charge in [0.1, 0.15) is 0 Å². The minimum Gasteiger partial charge on any atom is -0.330 e. The van der Waals surface area contributed by atoms with Gasteiger partial charge in [0.05, 0.1) is 11.2 Å². The van der Waals surface area contributed by atoms with Crippen LogP contribution in [0.5, 0.6) is 0 Å². The van der Waals surface area contributed by atoms with Gasteiger partial charge in [-0.15, -0.1) is 0 Å². The summed E-state index contributed by atoms with van der Waals surface area (Å²) in [6, 6.07) is 0. The summed E-state index contributed by atoms with van der Waals surface area (Å²) in [5, 5.41) is 4.06. The van der Waals surface area contributed by atoms with E-state index in [1.165, 1.54) is 15.2 Å². The molecule has 0 bridgehead atoms. The highest BCUT2D eigenvalue weighted by molar-refractivity contribution is 7.89. The van der Waals surface area contributed by atoms with Crippen LogP contribution in [0.15, 0.2) is 11.2 Å². The topological polar surface area (TPSA) is 81.2 Å². The normalized spacial score (nSPS) is 25.8. The first-order valence-corrected chi connectivity index (χ1v) is 7.50. The predicted molar refractivity (Wildman–Crippen MR) is 68.8 cm³/mol. The minimum absolute atomic E-state index is 0.0467. The molecule has 1 aliphatic heterocycles. The molecule has 0 aromatic carbocycles. The van der Waals surface area contributed by atoms with E-state index in [1.54, 1.807) is 7.05 Å². The maximum atomic E-state index is 12.5. The third kappa shape index (κ3) is 2.16. The zero-order chi connectivity index (χ0) is 13.6. The lowest BCUT2D eigenvalue weighted by molar-refractivity contribution is 0.348. The summed E-state index contributed by atoms with van der Waals surface area (Å²) in [5.74, 6) is 0. The lowest BCUT2D eigenvalue weighted by atomic mass is 9.90. The smallest absolute Gasteiger partial charge is 0.261 e. The van der Waals surface area contributed by atoms with Crippen molar-refractivity contribution >= 4 is 21.6 Å². The molecule has 1 aromatic rings. The van der Waals surface area contributed by atoms with Gasteiger partial charge in [-0.3, -0.25) is 4.68 Å². The second-order valence-corrected chi connectivity index (χ2v) is 7.29. The number of nitrogens with two attached hydrogens (primary N) is 1. The highest BCUT2D eigenvalue weighted by atomic mass is 35.5. The van der Waals surface area contributed by atoms with E-state index in [1.807, 2.05) is 6.92 Å². The molecule has 1 aliphatic rings. The van der Waals surface area contributed by atoms with Crippen molar-refractivity contribution in [2.45, 2.75) is 18.4 Å². The number of aryl methyl sites for hydroxylation is 1. The lowest BCUT2D eigenvalue weighted by Gasteiger charge is -2.22. The molecule has 8 heteroatoms. The molecule has 0 radical (unpaired) electrons. The van der Waals surface area contributed by atoms with Crippen LogP contribution in [0.4, 0.5) is 0 Å². The first-order valence-electron chi connectivity index (χ1n) is 5.68. The van der Waals surface area contributed by atoms with Crippen molar-refractivity contribution in [2.24, 2.45) is 18.2 Å². The number of aromatic nitrogens is 2. The van der Waals surface area contributed by atoms with Crippen LogP contribution >= 0.6 is 11.6 Å². The van der Waals surface area contributed by atoms with Crippen LogP contribution < -0.4 is 5.73 Å². The van der Waals surface area contributed by atoms with Gasteiger partial charge in [-0.25, -0.2) is 8.42 Å².